The first-order valence-corrected chi connectivity index (χ1v) is 10.1. The predicted octanol–water partition coefficient (Wildman–Crippen LogP) is 2.51. The van der Waals surface area contributed by atoms with Crippen LogP contribution in [0.3, 0.4) is 0 Å². The van der Waals surface area contributed by atoms with Gasteiger partial charge in [0.05, 0.1) is 16.6 Å². The van der Waals surface area contributed by atoms with Crippen molar-refractivity contribution in [1.82, 2.24) is 29.6 Å². The third kappa shape index (κ3) is 3.33. The number of nitrogens with zero attached hydrogens (tertiary/aromatic N) is 7. The number of piperazine rings is 1. The van der Waals surface area contributed by atoms with Crippen molar-refractivity contribution in [2.24, 2.45) is 0 Å². The number of hydrogen-bond donors (Lipinski definition) is 0. The van der Waals surface area contributed by atoms with E-state index in [1.807, 2.05) is 35.3 Å². The first kappa shape index (κ1) is 17.2. The molecular weight excluding hydrogens is 350 g/mol. The summed E-state index contributed by atoms with van der Waals surface area (Å²) in [4.78, 5) is 7.08. The average molecular weight is 375 g/mol. The van der Waals surface area contributed by atoms with Crippen LogP contribution in [-0.4, -0.2) is 62.3 Å². The zero-order chi connectivity index (χ0) is 18.8. The van der Waals surface area contributed by atoms with Gasteiger partial charge in [0.25, 0.3) is 0 Å². The molecule has 28 heavy (non-hydrogen) atoms. The van der Waals surface area contributed by atoms with Crippen molar-refractivity contribution in [3.8, 4) is 0 Å². The van der Waals surface area contributed by atoms with Gasteiger partial charge < -0.3 is 5.01 Å². The summed E-state index contributed by atoms with van der Waals surface area (Å²) in [6.07, 6.45) is 4.25. The van der Waals surface area contributed by atoms with Gasteiger partial charge in [-0.3, -0.25) is 4.90 Å². The van der Waals surface area contributed by atoms with Gasteiger partial charge >= 0.3 is 0 Å². The number of aromatic nitrogens is 5. The van der Waals surface area contributed by atoms with Gasteiger partial charge in [-0.2, -0.15) is 0 Å². The Morgan fingerprint density at radius 1 is 0.750 bits per heavy atom. The monoisotopic (exact) mass is 375 g/mol. The molecule has 0 atom stereocenters. The number of unbranched alkanes of at least 4 members (excludes halogenated alkanes) is 1. The summed E-state index contributed by atoms with van der Waals surface area (Å²) in [6, 6.07) is 16.5. The zero-order valence-corrected chi connectivity index (χ0v) is 16.0. The van der Waals surface area contributed by atoms with Crippen LogP contribution in [0.15, 0.2) is 54.9 Å². The Morgan fingerprint density at radius 3 is 2.32 bits per heavy atom. The zero-order valence-electron chi connectivity index (χ0n) is 16.0. The first-order valence-electron chi connectivity index (χ1n) is 10.1. The van der Waals surface area contributed by atoms with Gasteiger partial charge in [-0.25, -0.2) is 14.3 Å². The molecule has 5 rings (SSSR count). The lowest BCUT2D eigenvalue weighted by Gasteiger charge is -2.36. The molecule has 0 bridgehead atoms. The molecule has 1 saturated heterocycles. The summed E-state index contributed by atoms with van der Waals surface area (Å²) < 4.78 is 4.24. The van der Waals surface area contributed by atoms with Crippen LogP contribution in [0, 0.1) is 0 Å². The number of fused-ring (bicyclic) bond motifs is 2. The van der Waals surface area contributed by atoms with Crippen LogP contribution in [0.25, 0.3) is 22.1 Å². The highest BCUT2D eigenvalue weighted by molar-refractivity contribution is 5.75. The topological polar surface area (TPSA) is 55.0 Å². The first-order chi connectivity index (χ1) is 13.9. The lowest BCUT2D eigenvalue weighted by Crippen LogP contribution is -2.51. The molecule has 1 aliphatic heterocycles. The van der Waals surface area contributed by atoms with Crippen molar-refractivity contribution in [3.05, 3.63) is 54.9 Å². The van der Waals surface area contributed by atoms with E-state index >= 15 is 0 Å². The number of rotatable bonds is 6. The van der Waals surface area contributed by atoms with Crippen LogP contribution in [0.2, 0.25) is 0 Å². The molecule has 2 aromatic carbocycles. The Bertz CT molecular complexity index is 1060. The van der Waals surface area contributed by atoms with Gasteiger partial charge in [0, 0.05) is 32.7 Å². The van der Waals surface area contributed by atoms with Crippen molar-refractivity contribution < 1.29 is 0 Å². The third-order valence-corrected chi connectivity index (χ3v) is 5.60. The van der Waals surface area contributed by atoms with Crippen LogP contribution >= 0.6 is 0 Å². The molecule has 1 aliphatic rings. The molecule has 2 aromatic heterocycles. The van der Waals surface area contributed by atoms with Crippen LogP contribution in [-0.2, 0) is 6.54 Å². The lowest BCUT2D eigenvalue weighted by molar-refractivity contribution is 0.235. The summed E-state index contributed by atoms with van der Waals surface area (Å²) >= 11 is 0. The van der Waals surface area contributed by atoms with Crippen molar-refractivity contribution >= 4 is 22.1 Å². The van der Waals surface area contributed by atoms with E-state index in [9.17, 15) is 0 Å². The second-order valence-electron chi connectivity index (χ2n) is 7.38. The number of imidazole rings is 1. The van der Waals surface area contributed by atoms with Crippen molar-refractivity contribution in [2.45, 2.75) is 19.4 Å². The fourth-order valence-corrected chi connectivity index (χ4v) is 4.03. The molecule has 0 N–H and O–H groups in total. The highest BCUT2D eigenvalue weighted by Gasteiger charge is 2.18. The fourth-order valence-electron chi connectivity index (χ4n) is 4.03. The Balaban J connectivity index is 1.10. The Kier molecular flexibility index (Phi) is 4.66. The summed E-state index contributed by atoms with van der Waals surface area (Å²) in [6.45, 7) is 6.34. The quantitative estimate of drug-likeness (QED) is 0.485. The normalized spacial score (nSPS) is 15.6. The van der Waals surface area contributed by atoms with Crippen molar-refractivity contribution in [2.75, 3.05) is 37.7 Å². The fraction of sp³-hybridized carbons (Fsp3) is 0.381. The molecule has 1 fully saturated rings. The highest BCUT2D eigenvalue weighted by atomic mass is 15.6. The Labute approximate surface area is 164 Å². The summed E-state index contributed by atoms with van der Waals surface area (Å²) in [5.41, 5.74) is 4.36. The van der Waals surface area contributed by atoms with Crippen molar-refractivity contribution in [3.63, 3.8) is 0 Å². The molecule has 0 aliphatic carbocycles. The largest absolute Gasteiger partial charge is 0.309 e. The lowest BCUT2D eigenvalue weighted by atomic mass is 10.2. The molecule has 4 aromatic rings. The number of aryl methyl sites for hydroxylation is 1. The van der Waals surface area contributed by atoms with Crippen molar-refractivity contribution in [1.29, 1.82) is 0 Å². The molecule has 0 unspecified atom stereocenters. The summed E-state index contributed by atoms with van der Waals surface area (Å²) in [7, 11) is 0. The average Bonchev–Trinajstić information content (AvgIpc) is 3.36. The third-order valence-electron chi connectivity index (χ3n) is 5.60. The maximum Gasteiger partial charge on any atom is 0.116 e. The molecule has 0 saturated carbocycles. The second-order valence-corrected chi connectivity index (χ2v) is 7.38. The van der Waals surface area contributed by atoms with Gasteiger partial charge in [-0.15, -0.1) is 5.10 Å². The van der Waals surface area contributed by atoms with E-state index in [2.05, 4.69) is 54.1 Å². The van der Waals surface area contributed by atoms with Crippen LogP contribution in [0.4, 0.5) is 0 Å². The predicted molar refractivity (Wildman–Crippen MR) is 111 cm³/mol. The van der Waals surface area contributed by atoms with Gasteiger partial charge in [-0.05, 0) is 43.7 Å². The molecular formula is C21H25N7. The van der Waals surface area contributed by atoms with Crippen LogP contribution in [0.5, 0.6) is 0 Å². The number of hydrogen-bond acceptors (Lipinski definition) is 5. The smallest absolute Gasteiger partial charge is 0.116 e. The Morgan fingerprint density at radius 2 is 1.46 bits per heavy atom. The molecule has 3 heterocycles. The molecule has 7 heteroatoms. The maximum atomic E-state index is 4.51. The summed E-state index contributed by atoms with van der Waals surface area (Å²) in [5.74, 6) is 0. The van der Waals surface area contributed by atoms with Gasteiger partial charge in [0.2, 0.25) is 0 Å². The van der Waals surface area contributed by atoms with E-state index in [-0.39, 0.29) is 0 Å². The summed E-state index contributed by atoms with van der Waals surface area (Å²) in [5, 5.41) is 10.9. The minimum absolute atomic E-state index is 0.932. The van der Waals surface area contributed by atoms with E-state index in [4.69, 9.17) is 0 Å². The molecule has 0 amide bonds. The SMILES string of the molecule is c1ccc2c(c1)ncn2N1CCN(CCCCn2nnc3ccccc32)CC1. The highest BCUT2D eigenvalue weighted by Crippen LogP contribution is 2.14. The maximum absolute atomic E-state index is 4.51. The Hall–Kier alpha value is -2.93. The van der Waals surface area contributed by atoms with Gasteiger partial charge in [-0.1, -0.05) is 29.5 Å². The van der Waals surface area contributed by atoms with E-state index in [1.54, 1.807) is 0 Å². The van der Waals surface area contributed by atoms with E-state index < -0.39 is 0 Å². The minimum Gasteiger partial charge on any atom is -0.309 e. The van der Waals surface area contributed by atoms with Crippen LogP contribution in [0.1, 0.15) is 12.8 Å². The van der Waals surface area contributed by atoms with Crippen LogP contribution < -0.4 is 5.01 Å². The standard InChI is InChI=1S/C21H25N7/c1-4-10-21-18(7-1)22-17-28(21)26-15-13-25(14-16-26)11-5-6-12-27-20-9-3-2-8-19(20)23-24-27/h1-4,7-10,17H,5-6,11-16H2. The number of benzene rings is 2. The van der Waals surface area contributed by atoms with E-state index in [0.29, 0.717) is 0 Å². The molecule has 0 radical (unpaired) electrons. The van der Waals surface area contributed by atoms with Gasteiger partial charge in [0.1, 0.15) is 11.8 Å². The van der Waals surface area contributed by atoms with E-state index in [1.165, 1.54) is 11.9 Å². The van der Waals surface area contributed by atoms with Gasteiger partial charge in [0.15, 0.2) is 0 Å². The minimum atomic E-state index is 0.932. The van der Waals surface area contributed by atoms with E-state index in [0.717, 1.165) is 62.2 Å². The molecule has 7 nitrogen and oxygen atoms in total. The number of para-hydroxylation sites is 3. The molecule has 144 valence electrons. The second kappa shape index (κ2) is 7.59. The molecule has 0 spiro atoms.